The van der Waals surface area contributed by atoms with Gasteiger partial charge < -0.3 is 13.9 Å². The van der Waals surface area contributed by atoms with Crippen LogP contribution >= 0.6 is 0 Å². The quantitative estimate of drug-likeness (QED) is 0.118. The molecule has 7 aromatic carbocycles. The number of benzene rings is 7. The normalized spacial score (nSPS) is 28.6. The molecule has 0 amide bonds. The van der Waals surface area contributed by atoms with Gasteiger partial charge in [0.2, 0.25) is 0 Å². The first-order valence-electron chi connectivity index (χ1n) is 45.4. The van der Waals surface area contributed by atoms with Crippen LogP contribution in [-0.4, -0.2) is 14.1 Å². The number of aromatic nitrogens is 4. The van der Waals surface area contributed by atoms with Crippen LogP contribution in [0.4, 0.5) is 0 Å². The first-order valence-corrected chi connectivity index (χ1v) is 26.4. The monoisotopic (exact) mass is 1300 g/mol. The minimum atomic E-state index is -4.86. The molecule has 0 saturated carbocycles. The van der Waals surface area contributed by atoms with Crippen molar-refractivity contribution in [1.82, 2.24) is 14.1 Å². The third-order valence-corrected chi connectivity index (χ3v) is 16.0. The molecule has 3 heterocycles. The van der Waals surface area contributed by atoms with E-state index in [1.165, 1.54) is 28.8 Å². The number of ether oxygens (including phenoxy) is 1. The van der Waals surface area contributed by atoms with E-state index in [4.69, 9.17) is 42.6 Å². The summed E-state index contributed by atoms with van der Waals surface area (Å²) < 4.78 is 367. The number of imidazole rings is 1. The number of nitrogens with zero attached hydrogens (tertiary/aromatic N) is 4. The number of fused-ring (bicyclic) bond motifs is 7. The minimum Gasteiger partial charge on any atom is -0.509 e. The first-order chi connectivity index (χ1) is 53.8. The van der Waals surface area contributed by atoms with Crippen LogP contribution in [0.5, 0.6) is 11.5 Å². The Morgan fingerprint density at radius 1 is 0.610 bits per heavy atom. The molecule has 6 heteroatoms. The fourth-order valence-electron chi connectivity index (χ4n) is 11.5. The number of hydrogen-bond acceptors (Lipinski definition) is 2. The number of rotatable bonds is 7. The average molecular weight is 1300 g/mol. The summed E-state index contributed by atoms with van der Waals surface area (Å²) in [6.45, 7) is -22.3. The van der Waals surface area contributed by atoms with Gasteiger partial charge in [-0.05, 0) is 144 Å². The first kappa shape index (κ1) is 27.0. The van der Waals surface area contributed by atoms with Crippen LogP contribution in [0.15, 0.2) is 140 Å². The molecule has 0 bridgehead atoms. The van der Waals surface area contributed by atoms with Crippen LogP contribution in [0.3, 0.4) is 0 Å². The van der Waals surface area contributed by atoms with Crippen molar-refractivity contribution in [2.75, 3.05) is 0 Å². The standard InChI is InChI=1S/C76H80N4O.Pt/c1-70(2,3)50-33-40-77-67(43-50)80-62-24-17-16-21-55(62)56-30-29-52(46-65(56)80)81-66-45-51(44-61-68(66)76(14,15)39-38-75(61,12)13)78-47-79(64-26-19-18-25-63(64)78)69-53(48-27-31-57-59(41-48)73(8,9)36-34-71(57,4)5)22-20-23-54(69)49-28-32-58-60(42-49)74(10,11)37-35-72(58,6)7;/h16-33,40-44H,34-39H2,1-15H3;/q-2;/i4D3,5D3,6D3,7D3,8D3,9D3,10D3,11D3,27D,28D,31D,32D,34D2,35D2,36D2,37D2,41D,42D;. The van der Waals surface area contributed by atoms with E-state index in [0.717, 1.165) is 44.6 Å². The Kier molecular flexibility index (Phi) is 6.34. The predicted molar refractivity (Wildman–Crippen MR) is 335 cm³/mol. The van der Waals surface area contributed by atoms with Gasteiger partial charge in [-0.2, -0.15) is 12.1 Å². The molecule has 0 radical (unpaired) electrons. The zero-order chi connectivity index (χ0) is 89.4. The third kappa shape index (κ3) is 9.13. The maximum atomic E-state index is 10.5. The van der Waals surface area contributed by atoms with Crippen LogP contribution in [0.2, 0.25) is 0 Å². The minimum absolute atomic E-state index is 0. The van der Waals surface area contributed by atoms with E-state index < -0.39 is 199 Å². The summed E-state index contributed by atoms with van der Waals surface area (Å²) >= 11 is 0. The van der Waals surface area contributed by atoms with Crippen molar-refractivity contribution >= 4 is 32.8 Å². The van der Waals surface area contributed by atoms with Gasteiger partial charge in [0.1, 0.15) is 5.82 Å². The van der Waals surface area contributed by atoms with Gasteiger partial charge in [-0.25, -0.2) is 4.98 Å². The van der Waals surface area contributed by atoms with Crippen LogP contribution in [-0.2, 0) is 59.0 Å². The van der Waals surface area contributed by atoms with Gasteiger partial charge in [0.15, 0.2) is 0 Å². The number of hydrogen-bond donors (Lipinski definition) is 0. The molecular formula is C76H80N4OPt-2. The van der Waals surface area contributed by atoms with Gasteiger partial charge in [-0.15, -0.1) is 34.7 Å². The molecule has 0 atom stereocenters. The molecule has 422 valence electrons. The zero-order valence-electron chi connectivity index (χ0n) is 83.7. The number of para-hydroxylation sites is 4. The predicted octanol–water partition coefficient (Wildman–Crippen LogP) is 19.3. The summed E-state index contributed by atoms with van der Waals surface area (Å²) in [5.74, 6) is 0.859. The third-order valence-electron chi connectivity index (χ3n) is 16.0. The summed E-state index contributed by atoms with van der Waals surface area (Å²) in [6, 6.07) is 22.1. The van der Waals surface area contributed by atoms with Gasteiger partial charge >= 0.3 is 0 Å². The smallest absolute Gasteiger partial charge is 0.268 e. The van der Waals surface area contributed by atoms with Crippen molar-refractivity contribution in [2.45, 2.75) is 180 Å². The summed E-state index contributed by atoms with van der Waals surface area (Å²) in [7, 11) is 0. The Morgan fingerprint density at radius 3 is 1.82 bits per heavy atom. The summed E-state index contributed by atoms with van der Waals surface area (Å²) in [5, 5.41) is 1.63. The van der Waals surface area contributed by atoms with Gasteiger partial charge in [0.05, 0.1) is 24.9 Å². The Balaban J connectivity index is 0.0000132. The van der Waals surface area contributed by atoms with Crippen molar-refractivity contribution in [3.05, 3.63) is 197 Å². The second-order valence-corrected chi connectivity index (χ2v) is 23.7. The van der Waals surface area contributed by atoms with Crippen molar-refractivity contribution in [1.29, 1.82) is 0 Å². The van der Waals surface area contributed by atoms with E-state index in [1.807, 2.05) is 74.7 Å². The molecule has 10 aromatic rings. The van der Waals surface area contributed by atoms with Crippen molar-refractivity contribution in [3.63, 3.8) is 0 Å². The van der Waals surface area contributed by atoms with Gasteiger partial charge in [0, 0.05) is 88.1 Å². The molecule has 3 aliphatic rings. The molecule has 0 fully saturated rings. The molecule has 0 unspecified atom stereocenters. The molecule has 82 heavy (non-hydrogen) atoms. The van der Waals surface area contributed by atoms with Crippen molar-refractivity contribution in [3.8, 4) is 50.9 Å². The van der Waals surface area contributed by atoms with Crippen LogP contribution < -0.4 is 9.30 Å². The molecule has 0 spiro atoms. The summed E-state index contributed by atoms with van der Waals surface area (Å²) in [5.41, 5.74) is -29.8. The van der Waals surface area contributed by atoms with Crippen molar-refractivity contribution < 1.29 is 82.5 Å². The molecule has 0 aliphatic heterocycles. The largest absolute Gasteiger partial charge is 0.509 e. The molecular weight excluding hydrogens is 1180 g/mol. The molecule has 3 aliphatic carbocycles. The van der Waals surface area contributed by atoms with E-state index in [1.54, 1.807) is 18.3 Å². The van der Waals surface area contributed by atoms with Crippen molar-refractivity contribution in [2.24, 2.45) is 0 Å². The van der Waals surface area contributed by atoms with E-state index >= 15 is 0 Å². The second kappa shape index (κ2) is 19.2. The maximum Gasteiger partial charge on any atom is 0.268 e. The molecule has 13 rings (SSSR count). The zero-order valence-corrected chi connectivity index (χ0v) is 48.0. The van der Waals surface area contributed by atoms with E-state index in [2.05, 4.69) is 39.2 Å². The fraction of sp³-hybridized carbons (Fsp3) is 0.368. The Bertz CT molecular complexity index is 5650. The second-order valence-electron chi connectivity index (χ2n) is 23.7. The maximum absolute atomic E-state index is 10.5. The van der Waals surface area contributed by atoms with Crippen LogP contribution in [0, 0.1) is 18.5 Å². The number of pyridine rings is 1. The summed E-state index contributed by atoms with van der Waals surface area (Å²) in [4.78, 5) is 4.83. The molecule has 0 saturated heterocycles. The van der Waals surface area contributed by atoms with Gasteiger partial charge in [-0.1, -0.05) is 218 Å². The molecule has 3 aromatic heterocycles. The Labute approximate surface area is 555 Å². The fourth-order valence-corrected chi connectivity index (χ4v) is 11.5. The Hall–Kier alpha value is -6.55. The topological polar surface area (TPSA) is 35.9 Å². The van der Waals surface area contributed by atoms with Gasteiger partial charge in [0.25, 0.3) is 6.33 Å². The van der Waals surface area contributed by atoms with E-state index in [-0.39, 0.29) is 54.7 Å². The van der Waals surface area contributed by atoms with E-state index in [0.29, 0.717) is 35.3 Å². The SMILES string of the molecule is [2H]c1c([2H])c2c(c([2H])c1-c1cccc(-c3c([2H])c([2H])c4c(c3[2H])C(C([2H])([2H])[2H])(C([2H])([2H])[2H])C([2H])([2H])C([2H])([2H])C4(C([2H])([2H])[2H])C([2H])([2H])[2H])c1-[n+]1[c-]n(-c3[c-]c(Oc4[c-]c5c(cc4)c4ccccc4n5-c4cc(C(C)(C)C)ccn4)c4c(c3)C(C)(C)CCC4(C)C)c3ccccc31)C(C([2H])([2H])[2H])(C([2H])([2H])[2H])C([2H])([2H])C([2H])([2H])C2(C([2H])([2H])[2H])C([2H])([2H])[2H].[Pt]. The summed E-state index contributed by atoms with van der Waals surface area (Å²) in [6.07, 6.45) is -13.3. The van der Waals surface area contributed by atoms with Gasteiger partial charge in [-0.3, -0.25) is 4.57 Å². The van der Waals surface area contributed by atoms with Crippen LogP contribution in [0.25, 0.3) is 72.3 Å². The average Bonchev–Trinajstić information content (AvgIpc) is 0.782. The molecule has 0 N–H and O–H groups in total. The Morgan fingerprint density at radius 2 is 1.20 bits per heavy atom. The van der Waals surface area contributed by atoms with Crippen LogP contribution in [0.1, 0.15) is 233 Å². The van der Waals surface area contributed by atoms with E-state index in [9.17, 15) is 19.2 Å². The molecule has 5 nitrogen and oxygen atoms in total.